The standard InChI is InChI=1S/C12H12FN3OS.ClH/c13-9-3-1-2-8(4-9)5-11-15-12(17-16-11)10-6-18-7-14-10;/h1-4,10,14H,5-7H2;1H/t10-;/m1./s1. The van der Waals surface area contributed by atoms with Gasteiger partial charge in [-0.2, -0.15) is 4.98 Å². The maximum atomic E-state index is 13.0. The third kappa shape index (κ3) is 3.46. The van der Waals surface area contributed by atoms with Gasteiger partial charge in [-0.25, -0.2) is 4.39 Å². The Labute approximate surface area is 120 Å². The Bertz CT molecular complexity index is 545. The van der Waals surface area contributed by atoms with Crippen LogP contribution in [-0.2, 0) is 6.42 Å². The predicted molar refractivity (Wildman–Crippen MR) is 74.0 cm³/mol. The number of thioether (sulfide) groups is 1. The first kappa shape index (κ1) is 14.3. The van der Waals surface area contributed by atoms with Gasteiger partial charge in [-0.05, 0) is 17.7 Å². The smallest absolute Gasteiger partial charge is 0.244 e. The molecule has 0 amide bonds. The molecule has 7 heteroatoms. The number of hydrogen-bond acceptors (Lipinski definition) is 5. The van der Waals surface area contributed by atoms with Gasteiger partial charge in [0.25, 0.3) is 0 Å². The van der Waals surface area contributed by atoms with Crippen molar-refractivity contribution in [1.29, 1.82) is 0 Å². The van der Waals surface area contributed by atoms with E-state index >= 15 is 0 Å². The van der Waals surface area contributed by atoms with Gasteiger partial charge in [0.2, 0.25) is 5.89 Å². The van der Waals surface area contributed by atoms with E-state index in [1.54, 1.807) is 17.8 Å². The predicted octanol–water partition coefficient (Wildman–Crippen LogP) is 2.56. The van der Waals surface area contributed by atoms with Crippen molar-refractivity contribution in [3.05, 3.63) is 47.4 Å². The van der Waals surface area contributed by atoms with E-state index < -0.39 is 0 Å². The fraction of sp³-hybridized carbons (Fsp3) is 0.333. The van der Waals surface area contributed by atoms with E-state index in [1.165, 1.54) is 12.1 Å². The minimum Gasteiger partial charge on any atom is -0.338 e. The van der Waals surface area contributed by atoms with Crippen LogP contribution < -0.4 is 5.32 Å². The van der Waals surface area contributed by atoms with Crippen molar-refractivity contribution in [1.82, 2.24) is 15.5 Å². The van der Waals surface area contributed by atoms with E-state index in [0.29, 0.717) is 18.1 Å². The van der Waals surface area contributed by atoms with Crippen LogP contribution in [0, 0.1) is 5.82 Å². The first-order valence-electron chi connectivity index (χ1n) is 5.69. The molecule has 19 heavy (non-hydrogen) atoms. The van der Waals surface area contributed by atoms with E-state index in [1.807, 2.05) is 6.07 Å². The minimum atomic E-state index is -0.245. The zero-order valence-electron chi connectivity index (χ0n) is 10.0. The van der Waals surface area contributed by atoms with Crippen LogP contribution in [0.5, 0.6) is 0 Å². The molecule has 0 radical (unpaired) electrons. The van der Waals surface area contributed by atoms with E-state index in [-0.39, 0.29) is 24.3 Å². The van der Waals surface area contributed by atoms with Crippen LogP contribution in [0.2, 0.25) is 0 Å². The van der Waals surface area contributed by atoms with E-state index in [0.717, 1.165) is 17.2 Å². The lowest BCUT2D eigenvalue weighted by molar-refractivity contribution is 0.347. The van der Waals surface area contributed by atoms with Crippen molar-refractivity contribution in [2.75, 3.05) is 11.6 Å². The van der Waals surface area contributed by atoms with Gasteiger partial charge in [-0.15, -0.1) is 24.2 Å². The van der Waals surface area contributed by atoms with Gasteiger partial charge in [0.05, 0.1) is 6.04 Å². The molecule has 1 aliphatic heterocycles. The first-order chi connectivity index (χ1) is 8.81. The number of nitrogens with one attached hydrogen (secondary N) is 1. The lowest BCUT2D eigenvalue weighted by atomic mass is 10.1. The normalized spacial score (nSPS) is 18.3. The zero-order chi connectivity index (χ0) is 12.4. The topological polar surface area (TPSA) is 51.0 Å². The Balaban J connectivity index is 0.00000133. The second kappa shape index (κ2) is 6.36. The number of rotatable bonds is 3. The summed E-state index contributed by atoms with van der Waals surface area (Å²) in [5, 5.41) is 7.19. The number of nitrogens with zero attached hydrogens (tertiary/aromatic N) is 2. The van der Waals surface area contributed by atoms with Gasteiger partial charge in [0.1, 0.15) is 5.82 Å². The summed E-state index contributed by atoms with van der Waals surface area (Å²) in [7, 11) is 0. The minimum absolute atomic E-state index is 0. The van der Waals surface area contributed by atoms with Crippen LogP contribution in [0.3, 0.4) is 0 Å². The molecule has 0 unspecified atom stereocenters. The average molecular weight is 302 g/mol. The summed E-state index contributed by atoms with van der Waals surface area (Å²) in [5.74, 6) is 2.82. The summed E-state index contributed by atoms with van der Waals surface area (Å²) in [6, 6.07) is 6.58. The van der Waals surface area contributed by atoms with Gasteiger partial charge >= 0.3 is 0 Å². The fourth-order valence-electron chi connectivity index (χ4n) is 1.86. The van der Waals surface area contributed by atoms with Gasteiger partial charge in [0.15, 0.2) is 5.82 Å². The van der Waals surface area contributed by atoms with E-state index in [9.17, 15) is 4.39 Å². The molecule has 1 fully saturated rings. The molecule has 1 aliphatic rings. The molecule has 1 atom stereocenters. The Morgan fingerprint density at radius 2 is 2.37 bits per heavy atom. The average Bonchev–Trinajstić information content (AvgIpc) is 2.98. The van der Waals surface area contributed by atoms with E-state index in [2.05, 4.69) is 15.5 Å². The van der Waals surface area contributed by atoms with Crippen molar-refractivity contribution in [3.8, 4) is 0 Å². The highest BCUT2D eigenvalue weighted by Gasteiger charge is 2.22. The van der Waals surface area contributed by atoms with Crippen LogP contribution in [0.15, 0.2) is 28.8 Å². The molecular formula is C12H13ClFN3OS. The Hall–Kier alpha value is -1.11. The quantitative estimate of drug-likeness (QED) is 0.944. The number of halogens is 2. The molecule has 102 valence electrons. The molecular weight excluding hydrogens is 289 g/mol. The van der Waals surface area contributed by atoms with Crippen LogP contribution in [0.4, 0.5) is 4.39 Å². The second-order valence-electron chi connectivity index (χ2n) is 4.13. The van der Waals surface area contributed by atoms with Gasteiger partial charge in [-0.3, -0.25) is 5.32 Å². The van der Waals surface area contributed by atoms with Gasteiger partial charge < -0.3 is 4.52 Å². The van der Waals surface area contributed by atoms with Crippen LogP contribution in [0.1, 0.15) is 23.3 Å². The summed E-state index contributed by atoms with van der Waals surface area (Å²) in [5.41, 5.74) is 0.844. The maximum absolute atomic E-state index is 13.0. The monoisotopic (exact) mass is 301 g/mol. The molecule has 1 saturated heterocycles. The van der Waals surface area contributed by atoms with Gasteiger partial charge in [-0.1, -0.05) is 17.3 Å². The first-order valence-corrected chi connectivity index (χ1v) is 6.85. The van der Waals surface area contributed by atoms with Crippen molar-refractivity contribution < 1.29 is 8.91 Å². The fourth-order valence-corrected chi connectivity index (χ4v) is 2.80. The molecule has 0 spiro atoms. The molecule has 1 aromatic carbocycles. The molecule has 4 nitrogen and oxygen atoms in total. The summed E-state index contributed by atoms with van der Waals surface area (Å²) < 4.78 is 18.3. The van der Waals surface area contributed by atoms with Crippen molar-refractivity contribution in [2.45, 2.75) is 12.5 Å². The zero-order valence-corrected chi connectivity index (χ0v) is 11.6. The highest BCUT2D eigenvalue weighted by molar-refractivity contribution is 7.99. The molecule has 2 aromatic rings. The lowest BCUT2D eigenvalue weighted by Crippen LogP contribution is -2.14. The van der Waals surface area contributed by atoms with Crippen LogP contribution >= 0.6 is 24.2 Å². The van der Waals surface area contributed by atoms with Crippen LogP contribution in [-0.4, -0.2) is 21.8 Å². The van der Waals surface area contributed by atoms with Crippen molar-refractivity contribution in [2.24, 2.45) is 0 Å². The molecule has 1 aromatic heterocycles. The largest absolute Gasteiger partial charge is 0.338 e. The Kier molecular flexibility index (Phi) is 4.79. The molecule has 0 bridgehead atoms. The highest BCUT2D eigenvalue weighted by atomic mass is 35.5. The highest BCUT2D eigenvalue weighted by Crippen LogP contribution is 2.22. The van der Waals surface area contributed by atoms with Crippen molar-refractivity contribution >= 4 is 24.2 Å². The molecule has 1 N–H and O–H groups in total. The lowest BCUT2D eigenvalue weighted by Gasteiger charge is -2.00. The number of benzene rings is 1. The Morgan fingerprint density at radius 1 is 1.47 bits per heavy atom. The van der Waals surface area contributed by atoms with Crippen LogP contribution in [0.25, 0.3) is 0 Å². The Morgan fingerprint density at radius 3 is 3.11 bits per heavy atom. The summed E-state index contributed by atoms with van der Waals surface area (Å²) in [6.45, 7) is 0. The summed E-state index contributed by atoms with van der Waals surface area (Å²) >= 11 is 1.80. The SMILES string of the molecule is Cl.Fc1cccc(Cc2noc([C@H]3CSCN3)n2)c1. The summed E-state index contributed by atoms with van der Waals surface area (Å²) in [4.78, 5) is 4.34. The number of aromatic nitrogens is 2. The number of hydrogen-bond donors (Lipinski definition) is 1. The second-order valence-corrected chi connectivity index (χ2v) is 5.16. The van der Waals surface area contributed by atoms with Crippen molar-refractivity contribution in [3.63, 3.8) is 0 Å². The maximum Gasteiger partial charge on any atom is 0.244 e. The molecule has 0 aliphatic carbocycles. The van der Waals surface area contributed by atoms with E-state index in [4.69, 9.17) is 4.52 Å². The molecule has 0 saturated carbocycles. The molecule has 3 rings (SSSR count). The third-order valence-corrected chi connectivity index (χ3v) is 3.69. The molecule has 2 heterocycles. The third-order valence-electron chi connectivity index (χ3n) is 2.75. The van der Waals surface area contributed by atoms with Gasteiger partial charge in [0, 0.05) is 18.1 Å². The summed E-state index contributed by atoms with van der Waals surface area (Å²) in [6.07, 6.45) is 0.487.